The second kappa shape index (κ2) is 4.26. The molecule has 72 valence electrons. The molecule has 0 atom stereocenters. The van der Waals surface area contributed by atoms with Crippen LogP contribution in [0.5, 0.6) is 0 Å². The zero-order valence-electron chi connectivity index (χ0n) is 8.91. The van der Waals surface area contributed by atoms with Crippen LogP contribution >= 0.6 is 0 Å². The summed E-state index contributed by atoms with van der Waals surface area (Å²) in [6, 6.07) is 0. The van der Waals surface area contributed by atoms with E-state index in [-0.39, 0.29) is 0 Å². The van der Waals surface area contributed by atoms with Crippen molar-refractivity contribution in [2.75, 3.05) is 0 Å². The molecular weight excluding hydrogens is 160 g/mol. The van der Waals surface area contributed by atoms with Gasteiger partial charge in [0.05, 0.1) is 0 Å². The molecule has 1 heterocycles. The van der Waals surface area contributed by atoms with Crippen LogP contribution in [0.25, 0.3) is 6.20 Å². The van der Waals surface area contributed by atoms with Crippen molar-refractivity contribution >= 4 is 6.20 Å². The molecule has 2 nitrogen and oxygen atoms in total. The molecule has 0 aliphatic carbocycles. The molecule has 0 bridgehead atoms. The van der Waals surface area contributed by atoms with Gasteiger partial charge >= 0.3 is 0 Å². The summed E-state index contributed by atoms with van der Waals surface area (Å²) < 4.78 is 2.11. The Morgan fingerprint density at radius 1 is 1.62 bits per heavy atom. The maximum absolute atomic E-state index is 4.27. The van der Waals surface area contributed by atoms with Crippen LogP contribution in [0.1, 0.15) is 33.5 Å². The summed E-state index contributed by atoms with van der Waals surface area (Å²) in [5, 5.41) is 0. The van der Waals surface area contributed by atoms with Crippen LogP contribution in [0.15, 0.2) is 18.0 Å². The Morgan fingerprint density at radius 2 is 2.31 bits per heavy atom. The van der Waals surface area contributed by atoms with E-state index in [0.717, 1.165) is 12.2 Å². The summed E-state index contributed by atoms with van der Waals surface area (Å²) in [5.74, 6) is 1.73. The van der Waals surface area contributed by atoms with E-state index in [4.69, 9.17) is 0 Å². The molecule has 0 aromatic carbocycles. The molecule has 0 saturated heterocycles. The first kappa shape index (κ1) is 10.0. The first-order valence-electron chi connectivity index (χ1n) is 4.85. The third-order valence-electron chi connectivity index (χ3n) is 2.32. The fourth-order valence-corrected chi connectivity index (χ4v) is 1.10. The summed E-state index contributed by atoms with van der Waals surface area (Å²) in [5.41, 5.74) is 1.38. The molecule has 0 amide bonds. The molecule has 2 heteroatoms. The predicted octanol–water partition coefficient (Wildman–Crippen LogP) is 2.96. The predicted molar refractivity (Wildman–Crippen MR) is 56.4 cm³/mol. The molecule has 1 aromatic rings. The number of rotatable bonds is 3. The van der Waals surface area contributed by atoms with Crippen molar-refractivity contribution in [3.8, 4) is 0 Å². The Kier molecular flexibility index (Phi) is 3.29. The summed E-state index contributed by atoms with van der Waals surface area (Å²) >= 11 is 0. The number of aryl methyl sites for hydroxylation is 1. The molecule has 0 N–H and O–H groups in total. The van der Waals surface area contributed by atoms with Crippen LogP contribution in [0.3, 0.4) is 0 Å². The number of hydrogen-bond acceptors (Lipinski definition) is 1. The van der Waals surface area contributed by atoms with Gasteiger partial charge in [-0.1, -0.05) is 26.3 Å². The van der Waals surface area contributed by atoms with Crippen molar-refractivity contribution in [1.29, 1.82) is 0 Å². The highest BCUT2D eigenvalue weighted by Gasteiger charge is 1.99. The van der Waals surface area contributed by atoms with Crippen LogP contribution in [0.2, 0.25) is 0 Å². The van der Waals surface area contributed by atoms with Crippen molar-refractivity contribution in [2.45, 2.75) is 34.1 Å². The number of hydrogen-bond donors (Lipinski definition) is 0. The molecule has 0 spiro atoms. The monoisotopic (exact) mass is 178 g/mol. The first-order chi connectivity index (χ1) is 6.15. The standard InChI is InChI=1S/C11H18N2/c1-5-11-12-6-7-13(11)8-10(4)9(2)3/h6-9H,5H2,1-4H3/b10-8+. The molecular formula is C11H18N2. The Hall–Kier alpha value is -1.05. The molecule has 0 aliphatic rings. The van der Waals surface area contributed by atoms with E-state index in [1.165, 1.54) is 5.57 Å². The smallest absolute Gasteiger partial charge is 0.112 e. The van der Waals surface area contributed by atoms with E-state index >= 15 is 0 Å². The maximum atomic E-state index is 4.27. The minimum absolute atomic E-state index is 0.604. The number of allylic oxidation sites excluding steroid dienone is 1. The highest BCUT2D eigenvalue weighted by atomic mass is 15.0. The summed E-state index contributed by atoms with van der Waals surface area (Å²) in [6.07, 6.45) is 7.00. The third kappa shape index (κ3) is 2.44. The lowest BCUT2D eigenvalue weighted by Gasteiger charge is -2.06. The van der Waals surface area contributed by atoms with Crippen LogP contribution < -0.4 is 0 Å². The molecule has 0 saturated carbocycles. The lowest BCUT2D eigenvalue weighted by Crippen LogP contribution is -1.97. The Labute approximate surface area is 80.3 Å². The van der Waals surface area contributed by atoms with E-state index in [2.05, 4.69) is 43.4 Å². The van der Waals surface area contributed by atoms with Gasteiger partial charge in [0.15, 0.2) is 0 Å². The molecule has 1 rings (SSSR count). The molecule has 0 fully saturated rings. The topological polar surface area (TPSA) is 17.8 Å². The van der Waals surface area contributed by atoms with Gasteiger partial charge in [0, 0.05) is 25.0 Å². The van der Waals surface area contributed by atoms with Gasteiger partial charge in [-0.15, -0.1) is 0 Å². The van der Waals surface area contributed by atoms with Crippen LogP contribution in [0.4, 0.5) is 0 Å². The van der Waals surface area contributed by atoms with E-state index < -0.39 is 0 Å². The quantitative estimate of drug-likeness (QED) is 0.695. The molecule has 0 radical (unpaired) electrons. The van der Waals surface area contributed by atoms with Crippen LogP contribution in [-0.2, 0) is 6.42 Å². The average molecular weight is 178 g/mol. The number of nitrogens with zero attached hydrogens (tertiary/aromatic N) is 2. The SMILES string of the molecule is CCc1nccn1/C=C(\C)C(C)C. The number of imidazole rings is 1. The third-order valence-corrected chi connectivity index (χ3v) is 2.32. The van der Waals surface area contributed by atoms with Crippen molar-refractivity contribution in [3.63, 3.8) is 0 Å². The summed E-state index contributed by atoms with van der Waals surface area (Å²) in [7, 11) is 0. The van der Waals surface area contributed by atoms with Gasteiger partial charge in [-0.3, -0.25) is 0 Å². The second-order valence-electron chi connectivity index (χ2n) is 3.63. The largest absolute Gasteiger partial charge is 0.311 e. The van der Waals surface area contributed by atoms with Gasteiger partial charge in [-0.25, -0.2) is 4.98 Å². The van der Waals surface area contributed by atoms with Gasteiger partial charge in [-0.05, 0) is 12.8 Å². The van der Waals surface area contributed by atoms with E-state index in [1.54, 1.807) is 0 Å². The summed E-state index contributed by atoms with van der Waals surface area (Å²) in [4.78, 5) is 4.27. The second-order valence-corrected chi connectivity index (χ2v) is 3.63. The van der Waals surface area contributed by atoms with E-state index in [9.17, 15) is 0 Å². The minimum Gasteiger partial charge on any atom is -0.311 e. The molecule has 1 aromatic heterocycles. The van der Waals surface area contributed by atoms with Crippen molar-refractivity contribution < 1.29 is 0 Å². The minimum atomic E-state index is 0.604. The Bertz CT molecular complexity index is 295. The normalized spacial score (nSPS) is 12.5. The van der Waals surface area contributed by atoms with Gasteiger partial charge < -0.3 is 4.57 Å². The Balaban J connectivity index is 2.89. The zero-order chi connectivity index (χ0) is 9.84. The van der Waals surface area contributed by atoms with Gasteiger partial charge in [0.25, 0.3) is 0 Å². The lowest BCUT2D eigenvalue weighted by atomic mass is 10.1. The Morgan fingerprint density at radius 3 is 2.85 bits per heavy atom. The van der Waals surface area contributed by atoms with Gasteiger partial charge in [0.1, 0.15) is 5.82 Å². The molecule has 13 heavy (non-hydrogen) atoms. The van der Waals surface area contributed by atoms with Crippen molar-refractivity contribution in [1.82, 2.24) is 9.55 Å². The molecule has 0 aliphatic heterocycles. The summed E-state index contributed by atoms with van der Waals surface area (Å²) in [6.45, 7) is 8.68. The highest BCUT2D eigenvalue weighted by Crippen LogP contribution is 2.10. The van der Waals surface area contributed by atoms with E-state index in [1.807, 2.05) is 12.4 Å². The zero-order valence-corrected chi connectivity index (χ0v) is 8.91. The number of aromatic nitrogens is 2. The van der Waals surface area contributed by atoms with Crippen LogP contribution in [0, 0.1) is 5.92 Å². The fourth-order valence-electron chi connectivity index (χ4n) is 1.10. The van der Waals surface area contributed by atoms with Crippen LogP contribution in [-0.4, -0.2) is 9.55 Å². The van der Waals surface area contributed by atoms with Crippen molar-refractivity contribution in [3.05, 3.63) is 23.8 Å². The van der Waals surface area contributed by atoms with E-state index in [0.29, 0.717) is 5.92 Å². The molecule has 0 unspecified atom stereocenters. The fraction of sp³-hybridized carbons (Fsp3) is 0.545. The van der Waals surface area contributed by atoms with Crippen molar-refractivity contribution in [2.24, 2.45) is 5.92 Å². The first-order valence-corrected chi connectivity index (χ1v) is 4.85. The van der Waals surface area contributed by atoms with Gasteiger partial charge in [-0.2, -0.15) is 0 Å². The van der Waals surface area contributed by atoms with Gasteiger partial charge in [0.2, 0.25) is 0 Å². The average Bonchev–Trinajstić information content (AvgIpc) is 2.51. The lowest BCUT2D eigenvalue weighted by molar-refractivity contribution is 0.766. The maximum Gasteiger partial charge on any atom is 0.112 e. The highest BCUT2D eigenvalue weighted by molar-refractivity contribution is 5.31.